The fourth-order valence-corrected chi connectivity index (χ4v) is 2.40. The minimum atomic E-state index is 0.252. The van der Waals surface area contributed by atoms with Gasteiger partial charge in [-0.1, -0.05) is 17.8 Å². The first-order valence-corrected chi connectivity index (χ1v) is 5.91. The highest BCUT2D eigenvalue weighted by atomic mass is 32.1. The summed E-state index contributed by atoms with van der Waals surface area (Å²) in [6, 6.07) is 0. The van der Waals surface area contributed by atoms with Crippen molar-refractivity contribution in [2.75, 3.05) is 6.54 Å². The summed E-state index contributed by atoms with van der Waals surface area (Å²) in [5.74, 6) is 0.493. The highest BCUT2D eigenvalue weighted by Gasteiger charge is 2.26. The van der Waals surface area contributed by atoms with Crippen molar-refractivity contribution in [2.24, 2.45) is 11.7 Å². The number of hydrogen-bond donors (Lipinski definition) is 1. The van der Waals surface area contributed by atoms with Gasteiger partial charge in [0.2, 0.25) is 0 Å². The molecule has 0 aromatic carbocycles. The van der Waals surface area contributed by atoms with E-state index in [1.54, 1.807) is 5.51 Å². The lowest BCUT2D eigenvalue weighted by Crippen LogP contribution is -2.35. The van der Waals surface area contributed by atoms with Gasteiger partial charge in [-0.25, -0.2) is 0 Å². The van der Waals surface area contributed by atoms with Crippen LogP contribution in [-0.4, -0.2) is 22.8 Å². The van der Waals surface area contributed by atoms with E-state index in [2.05, 4.69) is 10.2 Å². The Balaban J connectivity index is 1.94. The minimum absolute atomic E-state index is 0.252. The standard InChI is InChI=1S/C9H15N3OS/c10-5-7-3-1-2-4-8(7)13-9-12-11-6-14-9/h6-8H,1-5,10H2. The Morgan fingerprint density at radius 3 is 3.07 bits per heavy atom. The Hall–Kier alpha value is -0.680. The summed E-state index contributed by atoms with van der Waals surface area (Å²) < 4.78 is 5.76. The van der Waals surface area contributed by atoms with Crippen molar-refractivity contribution in [3.05, 3.63) is 5.51 Å². The van der Waals surface area contributed by atoms with Gasteiger partial charge < -0.3 is 10.5 Å². The van der Waals surface area contributed by atoms with Crippen LogP contribution in [0, 0.1) is 5.92 Å². The summed E-state index contributed by atoms with van der Waals surface area (Å²) in [6.45, 7) is 0.712. The number of aromatic nitrogens is 2. The molecular formula is C9H15N3OS. The largest absolute Gasteiger partial charge is 0.465 e. The summed E-state index contributed by atoms with van der Waals surface area (Å²) in [4.78, 5) is 0. The molecule has 14 heavy (non-hydrogen) atoms. The molecule has 0 radical (unpaired) electrons. The summed E-state index contributed by atoms with van der Waals surface area (Å²) in [5.41, 5.74) is 7.40. The van der Waals surface area contributed by atoms with E-state index in [0.29, 0.717) is 17.7 Å². The zero-order valence-corrected chi connectivity index (χ0v) is 8.87. The molecule has 1 saturated carbocycles. The van der Waals surface area contributed by atoms with Crippen LogP contribution in [0.1, 0.15) is 25.7 Å². The maximum atomic E-state index is 5.76. The molecule has 1 heterocycles. The van der Waals surface area contributed by atoms with Crippen LogP contribution in [0.5, 0.6) is 5.19 Å². The third-order valence-corrected chi connectivity index (χ3v) is 3.31. The minimum Gasteiger partial charge on any atom is -0.465 e. The molecule has 1 aromatic heterocycles. The molecule has 0 saturated heterocycles. The van der Waals surface area contributed by atoms with Crippen LogP contribution in [0.2, 0.25) is 0 Å². The quantitative estimate of drug-likeness (QED) is 0.825. The van der Waals surface area contributed by atoms with Crippen molar-refractivity contribution in [3.8, 4) is 5.19 Å². The van der Waals surface area contributed by atoms with Crippen LogP contribution in [0.3, 0.4) is 0 Å². The highest BCUT2D eigenvalue weighted by molar-refractivity contribution is 7.11. The molecule has 2 atom stereocenters. The fraction of sp³-hybridized carbons (Fsp3) is 0.778. The Labute approximate surface area is 87.5 Å². The number of ether oxygens (including phenoxy) is 1. The van der Waals surface area contributed by atoms with Crippen LogP contribution < -0.4 is 10.5 Å². The molecule has 0 aliphatic heterocycles. The maximum absolute atomic E-state index is 5.76. The van der Waals surface area contributed by atoms with E-state index >= 15 is 0 Å². The molecule has 1 aliphatic rings. The van der Waals surface area contributed by atoms with E-state index < -0.39 is 0 Å². The third kappa shape index (κ3) is 2.22. The number of nitrogens with two attached hydrogens (primary N) is 1. The van der Waals surface area contributed by atoms with Crippen molar-refractivity contribution in [2.45, 2.75) is 31.8 Å². The third-order valence-electron chi connectivity index (χ3n) is 2.73. The van der Waals surface area contributed by atoms with Gasteiger partial charge in [-0.2, -0.15) is 0 Å². The van der Waals surface area contributed by atoms with Gasteiger partial charge in [-0.3, -0.25) is 0 Å². The fourth-order valence-electron chi connectivity index (χ4n) is 1.94. The van der Waals surface area contributed by atoms with Crippen LogP contribution in [0.15, 0.2) is 5.51 Å². The van der Waals surface area contributed by atoms with Gasteiger partial charge >= 0.3 is 0 Å². The predicted octanol–water partition coefficient (Wildman–Crippen LogP) is 1.43. The molecule has 2 unspecified atom stereocenters. The van der Waals surface area contributed by atoms with Gasteiger partial charge in [0.05, 0.1) is 0 Å². The van der Waals surface area contributed by atoms with E-state index in [4.69, 9.17) is 10.5 Å². The molecule has 0 bridgehead atoms. The summed E-state index contributed by atoms with van der Waals surface area (Å²) in [7, 11) is 0. The van der Waals surface area contributed by atoms with Gasteiger partial charge in [-0.05, 0) is 25.8 Å². The Morgan fingerprint density at radius 2 is 2.36 bits per heavy atom. The first kappa shape index (κ1) is 9.86. The van der Waals surface area contributed by atoms with E-state index in [1.165, 1.54) is 30.6 Å². The van der Waals surface area contributed by atoms with Crippen molar-refractivity contribution >= 4 is 11.3 Å². The molecule has 0 amide bonds. The molecule has 0 spiro atoms. The lowest BCUT2D eigenvalue weighted by molar-refractivity contribution is 0.0959. The average molecular weight is 213 g/mol. The average Bonchev–Trinajstić information content (AvgIpc) is 2.71. The zero-order chi connectivity index (χ0) is 9.80. The monoisotopic (exact) mass is 213 g/mol. The predicted molar refractivity (Wildman–Crippen MR) is 55.3 cm³/mol. The molecule has 4 nitrogen and oxygen atoms in total. The van der Waals surface area contributed by atoms with Crippen molar-refractivity contribution in [3.63, 3.8) is 0 Å². The molecule has 78 valence electrons. The molecule has 1 aliphatic carbocycles. The van der Waals surface area contributed by atoms with Crippen LogP contribution >= 0.6 is 11.3 Å². The molecule has 1 fully saturated rings. The van der Waals surface area contributed by atoms with Crippen LogP contribution in [-0.2, 0) is 0 Å². The molecule has 2 rings (SSSR count). The smallest absolute Gasteiger partial charge is 0.294 e. The summed E-state index contributed by atoms with van der Waals surface area (Å²) in [6.07, 6.45) is 5.04. The van der Waals surface area contributed by atoms with Crippen molar-refractivity contribution in [1.29, 1.82) is 0 Å². The first-order chi connectivity index (χ1) is 6.90. The van der Waals surface area contributed by atoms with Crippen molar-refractivity contribution in [1.82, 2.24) is 10.2 Å². The van der Waals surface area contributed by atoms with Crippen LogP contribution in [0.25, 0.3) is 0 Å². The molecule has 5 heteroatoms. The number of rotatable bonds is 3. The Bertz CT molecular complexity index is 265. The van der Waals surface area contributed by atoms with Gasteiger partial charge in [0.25, 0.3) is 5.19 Å². The first-order valence-electron chi connectivity index (χ1n) is 5.03. The Morgan fingerprint density at radius 1 is 1.50 bits per heavy atom. The summed E-state index contributed by atoms with van der Waals surface area (Å²) in [5, 5.41) is 8.31. The van der Waals surface area contributed by atoms with E-state index in [9.17, 15) is 0 Å². The zero-order valence-electron chi connectivity index (χ0n) is 8.06. The lowest BCUT2D eigenvalue weighted by Gasteiger charge is -2.29. The summed E-state index contributed by atoms with van der Waals surface area (Å²) >= 11 is 1.44. The normalized spacial score (nSPS) is 27.5. The van der Waals surface area contributed by atoms with Crippen LogP contribution in [0.4, 0.5) is 0 Å². The second-order valence-corrected chi connectivity index (χ2v) is 4.44. The van der Waals surface area contributed by atoms with E-state index in [0.717, 1.165) is 6.42 Å². The second kappa shape index (κ2) is 4.70. The molecular weight excluding hydrogens is 198 g/mol. The molecule has 1 aromatic rings. The van der Waals surface area contributed by atoms with E-state index in [-0.39, 0.29) is 6.10 Å². The number of nitrogens with zero attached hydrogens (tertiary/aromatic N) is 2. The second-order valence-electron chi connectivity index (χ2n) is 3.64. The maximum Gasteiger partial charge on any atom is 0.294 e. The van der Waals surface area contributed by atoms with E-state index in [1.807, 2.05) is 0 Å². The van der Waals surface area contributed by atoms with Crippen molar-refractivity contribution < 1.29 is 4.74 Å². The van der Waals surface area contributed by atoms with Gasteiger partial charge in [0.15, 0.2) is 0 Å². The Kier molecular flexibility index (Phi) is 3.31. The van der Waals surface area contributed by atoms with Gasteiger partial charge in [0.1, 0.15) is 11.6 Å². The number of hydrogen-bond acceptors (Lipinski definition) is 5. The SMILES string of the molecule is NCC1CCCCC1Oc1nncs1. The molecule has 2 N–H and O–H groups in total. The highest BCUT2D eigenvalue weighted by Crippen LogP contribution is 2.28. The van der Waals surface area contributed by atoms with Gasteiger partial charge in [-0.15, -0.1) is 10.2 Å². The lowest BCUT2D eigenvalue weighted by atomic mass is 9.86. The topological polar surface area (TPSA) is 61.0 Å². The van der Waals surface area contributed by atoms with Gasteiger partial charge in [0, 0.05) is 5.92 Å².